The molecule has 2 N–H and O–H groups in total. The highest BCUT2D eigenvalue weighted by Crippen LogP contribution is 2.27. The Balaban J connectivity index is 2.45. The van der Waals surface area contributed by atoms with E-state index in [1.54, 1.807) is 31.2 Å². The molecular weight excluding hydrogens is 286 g/mol. The zero-order valence-electron chi connectivity index (χ0n) is 12.4. The minimum Gasteiger partial charge on any atom is -0.496 e. The van der Waals surface area contributed by atoms with E-state index < -0.39 is 9.84 Å². The quantitative estimate of drug-likeness (QED) is 0.882. The molecular formula is C16H19NO3S. The summed E-state index contributed by atoms with van der Waals surface area (Å²) in [4.78, 5) is 0.362. The molecule has 0 fully saturated rings. The number of ether oxygens (including phenoxy) is 1. The standard InChI is InChI=1S/C16H19NO3S/c1-11-4-5-12(2)16(8-11)21(18,19)10-13-6-7-14(17)9-15(13)20-3/h4-9H,10,17H2,1-3H3. The molecule has 0 unspecified atom stereocenters. The number of hydrogen-bond acceptors (Lipinski definition) is 4. The molecule has 112 valence electrons. The van der Waals surface area contributed by atoms with Gasteiger partial charge < -0.3 is 10.5 Å². The first-order chi connectivity index (χ1) is 9.83. The first kappa shape index (κ1) is 15.4. The Labute approximate surface area is 125 Å². The lowest BCUT2D eigenvalue weighted by Gasteiger charge is -2.12. The summed E-state index contributed by atoms with van der Waals surface area (Å²) >= 11 is 0. The van der Waals surface area contributed by atoms with E-state index in [9.17, 15) is 8.42 Å². The molecule has 2 aromatic carbocycles. The number of methoxy groups -OCH3 is 1. The third kappa shape index (κ3) is 3.36. The third-order valence-corrected chi connectivity index (χ3v) is 5.14. The molecule has 0 heterocycles. The molecule has 2 aromatic rings. The van der Waals surface area contributed by atoms with Gasteiger partial charge in [-0.25, -0.2) is 8.42 Å². The van der Waals surface area contributed by atoms with Crippen molar-refractivity contribution in [1.29, 1.82) is 0 Å². The first-order valence-corrected chi connectivity index (χ1v) is 8.21. The maximum absolute atomic E-state index is 12.6. The predicted molar refractivity (Wildman–Crippen MR) is 84.2 cm³/mol. The van der Waals surface area contributed by atoms with Gasteiger partial charge in [-0.15, -0.1) is 0 Å². The van der Waals surface area contributed by atoms with Gasteiger partial charge in [0.05, 0.1) is 17.8 Å². The molecule has 0 spiro atoms. The van der Waals surface area contributed by atoms with Crippen LogP contribution in [0.3, 0.4) is 0 Å². The van der Waals surface area contributed by atoms with Gasteiger partial charge in [-0.1, -0.05) is 18.2 Å². The van der Waals surface area contributed by atoms with Gasteiger partial charge >= 0.3 is 0 Å². The average molecular weight is 305 g/mol. The Bertz CT molecular complexity index is 767. The maximum atomic E-state index is 12.6. The lowest BCUT2D eigenvalue weighted by molar-refractivity contribution is 0.411. The molecule has 0 bridgehead atoms. The van der Waals surface area contributed by atoms with Crippen LogP contribution in [0.25, 0.3) is 0 Å². The molecule has 0 saturated heterocycles. The van der Waals surface area contributed by atoms with Crippen LogP contribution in [0.2, 0.25) is 0 Å². The number of nitrogen functional groups attached to an aromatic ring is 1. The Hall–Kier alpha value is -2.01. The van der Waals surface area contributed by atoms with E-state index in [2.05, 4.69) is 0 Å². The van der Waals surface area contributed by atoms with E-state index in [4.69, 9.17) is 10.5 Å². The fourth-order valence-electron chi connectivity index (χ4n) is 2.21. The van der Waals surface area contributed by atoms with E-state index in [1.807, 2.05) is 19.1 Å². The van der Waals surface area contributed by atoms with Gasteiger partial charge in [0.2, 0.25) is 0 Å². The molecule has 0 aliphatic heterocycles. The summed E-state index contributed by atoms with van der Waals surface area (Å²) < 4.78 is 30.5. The molecule has 4 nitrogen and oxygen atoms in total. The summed E-state index contributed by atoms with van der Waals surface area (Å²) in [6.07, 6.45) is 0. The highest BCUT2D eigenvalue weighted by Gasteiger charge is 2.20. The fourth-order valence-corrected chi connectivity index (χ4v) is 3.93. The predicted octanol–water partition coefficient (Wildman–Crippen LogP) is 2.87. The van der Waals surface area contributed by atoms with Crippen LogP contribution >= 0.6 is 0 Å². The van der Waals surface area contributed by atoms with Gasteiger partial charge in [-0.3, -0.25) is 0 Å². The van der Waals surface area contributed by atoms with E-state index in [-0.39, 0.29) is 5.75 Å². The number of benzene rings is 2. The van der Waals surface area contributed by atoms with Gasteiger partial charge in [0.15, 0.2) is 9.84 Å². The second-order valence-corrected chi connectivity index (χ2v) is 7.06. The van der Waals surface area contributed by atoms with Crippen LogP contribution in [-0.2, 0) is 15.6 Å². The van der Waals surface area contributed by atoms with Crippen LogP contribution < -0.4 is 10.5 Å². The van der Waals surface area contributed by atoms with E-state index >= 15 is 0 Å². The molecule has 0 aromatic heterocycles. The summed E-state index contributed by atoms with van der Waals surface area (Å²) in [5.41, 5.74) is 8.50. The lowest BCUT2D eigenvalue weighted by Crippen LogP contribution is -2.08. The van der Waals surface area contributed by atoms with E-state index in [1.165, 1.54) is 7.11 Å². The van der Waals surface area contributed by atoms with Crippen LogP contribution in [0.1, 0.15) is 16.7 Å². The molecule has 21 heavy (non-hydrogen) atoms. The third-order valence-electron chi connectivity index (χ3n) is 3.34. The second kappa shape index (κ2) is 5.77. The summed E-state index contributed by atoms with van der Waals surface area (Å²) in [6.45, 7) is 3.68. The lowest BCUT2D eigenvalue weighted by atomic mass is 10.2. The Morgan fingerprint density at radius 3 is 2.48 bits per heavy atom. The van der Waals surface area contributed by atoms with Crippen LogP contribution in [0.4, 0.5) is 5.69 Å². The van der Waals surface area contributed by atoms with Crippen molar-refractivity contribution >= 4 is 15.5 Å². The number of aryl methyl sites for hydroxylation is 2. The zero-order chi connectivity index (χ0) is 15.6. The summed E-state index contributed by atoms with van der Waals surface area (Å²) in [7, 11) is -1.93. The summed E-state index contributed by atoms with van der Waals surface area (Å²) in [5, 5.41) is 0. The van der Waals surface area contributed by atoms with Gasteiger partial charge in [0.1, 0.15) is 5.75 Å². The largest absolute Gasteiger partial charge is 0.496 e. The number of sulfone groups is 1. The van der Waals surface area contributed by atoms with Crippen molar-refractivity contribution in [3.8, 4) is 5.75 Å². The van der Waals surface area contributed by atoms with E-state index in [0.29, 0.717) is 21.9 Å². The average Bonchev–Trinajstić information content (AvgIpc) is 2.43. The van der Waals surface area contributed by atoms with Crippen molar-refractivity contribution in [2.24, 2.45) is 0 Å². The van der Waals surface area contributed by atoms with Gasteiger partial charge in [-0.2, -0.15) is 0 Å². The molecule has 5 heteroatoms. The van der Waals surface area contributed by atoms with Crippen molar-refractivity contribution in [3.63, 3.8) is 0 Å². The smallest absolute Gasteiger partial charge is 0.182 e. The fraction of sp³-hybridized carbons (Fsp3) is 0.250. The Kier molecular flexibility index (Phi) is 4.23. The first-order valence-electron chi connectivity index (χ1n) is 6.56. The van der Waals surface area contributed by atoms with Gasteiger partial charge in [-0.05, 0) is 37.1 Å². The topological polar surface area (TPSA) is 69.4 Å². The minimum atomic E-state index is -3.43. The monoisotopic (exact) mass is 305 g/mol. The van der Waals surface area contributed by atoms with Crippen molar-refractivity contribution in [3.05, 3.63) is 53.1 Å². The molecule has 0 aliphatic carbocycles. The van der Waals surface area contributed by atoms with Crippen molar-refractivity contribution < 1.29 is 13.2 Å². The highest BCUT2D eigenvalue weighted by molar-refractivity contribution is 7.90. The normalized spacial score (nSPS) is 11.4. The second-order valence-electron chi connectivity index (χ2n) is 5.10. The molecule has 0 saturated carbocycles. The molecule has 0 aliphatic rings. The van der Waals surface area contributed by atoms with Crippen LogP contribution in [0.15, 0.2) is 41.3 Å². The molecule has 2 rings (SSSR count). The minimum absolute atomic E-state index is 0.110. The number of hydrogen-bond donors (Lipinski definition) is 1. The van der Waals surface area contributed by atoms with Gasteiger partial charge in [0.25, 0.3) is 0 Å². The van der Waals surface area contributed by atoms with Crippen molar-refractivity contribution in [1.82, 2.24) is 0 Å². The Morgan fingerprint density at radius 2 is 1.81 bits per heavy atom. The molecule has 0 amide bonds. The molecule has 0 radical (unpaired) electrons. The zero-order valence-corrected chi connectivity index (χ0v) is 13.2. The van der Waals surface area contributed by atoms with E-state index in [0.717, 1.165) is 11.1 Å². The number of rotatable bonds is 4. The Morgan fingerprint density at radius 1 is 1.10 bits per heavy atom. The number of anilines is 1. The molecule has 0 atom stereocenters. The van der Waals surface area contributed by atoms with Crippen LogP contribution in [-0.4, -0.2) is 15.5 Å². The summed E-state index contributed by atoms with van der Waals surface area (Å²) in [6, 6.07) is 10.4. The van der Waals surface area contributed by atoms with Gasteiger partial charge in [0, 0.05) is 17.3 Å². The van der Waals surface area contributed by atoms with Crippen LogP contribution in [0, 0.1) is 13.8 Å². The van der Waals surface area contributed by atoms with Crippen molar-refractivity contribution in [2.45, 2.75) is 24.5 Å². The van der Waals surface area contributed by atoms with Crippen LogP contribution in [0.5, 0.6) is 5.75 Å². The number of nitrogens with two attached hydrogens (primary N) is 1. The van der Waals surface area contributed by atoms with Crippen molar-refractivity contribution in [2.75, 3.05) is 12.8 Å². The summed E-state index contributed by atoms with van der Waals surface area (Å²) in [5.74, 6) is 0.379. The maximum Gasteiger partial charge on any atom is 0.182 e. The highest BCUT2D eigenvalue weighted by atomic mass is 32.2. The SMILES string of the molecule is COc1cc(N)ccc1CS(=O)(=O)c1cc(C)ccc1C.